The molecule has 0 saturated carbocycles. The molecule has 1 aromatic heterocycles. The number of aromatic nitrogens is 1. The predicted octanol–water partition coefficient (Wildman–Crippen LogP) is 3.65. The van der Waals surface area contributed by atoms with E-state index in [1.807, 2.05) is 24.3 Å². The van der Waals surface area contributed by atoms with Crippen molar-refractivity contribution in [3.05, 3.63) is 47.5 Å². The van der Waals surface area contributed by atoms with Crippen molar-refractivity contribution in [3.8, 4) is 17.0 Å². The Hall–Kier alpha value is -2.75. The van der Waals surface area contributed by atoms with Crippen LogP contribution in [-0.2, 0) is 12.8 Å². The van der Waals surface area contributed by atoms with E-state index in [-0.39, 0.29) is 5.75 Å². The third-order valence-corrected chi connectivity index (χ3v) is 4.69. The van der Waals surface area contributed by atoms with Gasteiger partial charge < -0.3 is 16.6 Å². The van der Waals surface area contributed by atoms with Gasteiger partial charge in [-0.25, -0.2) is 4.98 Å². The molecule has 1 heterocycles. The van der Waals surface area contributed by atoms with E-state index in [9.17, 15) is 5.11 Å². The summed E-state index contributed by atoms with van der Waals surface area (Å²) in [6.45, 7) is 0. The normalized spacial score (nSPS) is 13.9. The maximum atomic E-state index is 9.53. The van der Waals surface area contributed by atoms with Crippen molar-refractivity contribution in [3.63, 3.8) is 0 Å². The second-order valence-electron chi connectivity index (χ2n) is 6.13. The molecule has 0 amide bonds. The van der Waals surface area contributed by atoms with E-state index in [1.54, 1.807) is 12.1 Å². The van der Waals surface area contributed by atoms with Crippen molar-refractivity contribution < 1.29 is 5.11 Å². The number of pyridine rings is 1. The Bertz CT molecular complexity index is 901. The van der Waals surface area contributed by atoms with Gasteiger partial charge in [0, 0.05) is 10.9 Å². The third-order valence-electron chi connectivity index (χ3n) is 4.69. The molecule has 0 radical (unpaired) electrons. The summed E-state index contributed by atoms with van der Waals surface area (Å²) >= 11 is 0. The molecule has 3 aromatic rings. The number of aromatic hydroxyl groups is 1. The molecule has 5 N–H and O–H groups in total. The maximum Gasteiger partial charge on any atom is 0.115 e. The molecule has 4 nitrogen and oxygen atoms in total. The lowest BCUT2D eigenvalue weighted by atomic mass is 9.85. The number of hydrogen-bond donors (Lipinski definition) is 3. The predicted molar refractivity (Wildman–Crippen MR) is 94.3 cm³/mol. The van der Waals surface area contributed by atoms with Crippen molar-refractivity contribution in [1.29, 1.82) is 0 Å². The zero-order valence-corrected chi connectivity index (χ0v) is 12.8. The largest absolute Gasteiger partial charge is 0.508 e. The van der Waals surface area contributed by atoms with Gasteiger partial charge in [0.2, 0.25) is 0 Å². The first-order valence-corrected chi connectivity index (χ1v) is 7.94. The number of hydrogen-bond acceptors (Lipinski definition) is 4. The number of nitrogen functional groups attached to an aromatic ring is 2. The first kappa shape index (κ1) is 13.9. The van der Waals surface area contributed by atoms with E-state index < -0.39 is 0 Å². The van der Waals surface area contributed by atoms with Crippen molar-refractivity contribution in [1.82, 2.24) is 4.98 Å². The highest BCUT2D eigenvalue weighted by Crippen LogP contribution is 2.39. The lowest BCUT2D eigenvalue weighted by Gasteiger charge is -2.22. The molecule has 0 spiro atoms. The number of anilines is 2. The summed E-state index contributed by atoms with van der Waals surface area (Å²) in [5, 5.41) is 10.5. The van der Waals surface area contributed by atoms with E-state index in [0.29, 0.717) is 11.4 Å². The number of phenolic OH excluding ortho intramolecular Hbond substituents is 1. The molecule has 4 heteroatoms. The second kappa shape index (κ2) is 5.16. The third kappa shape index (κ3) is 2.18. The molecule has 0 aliphatic heterocycles. The molecular formula is C19H19N3O. The summed E-state index contributed by atoms with van der Waals surface area (Å²) in [7, 11) is 0. The molecule has 0 saturated heterocycles. The van der Waals surface area contributed by atoms with E-state index in [4.69, 9.17) is 16.5 Å². The molecule has 2 aromatic carbocycles. The number of fused-ring (bicyclic) bond motifs is 3. The zero-order chi connectivity index (χ0) is 16.0. The van der Waals surface area contributed by atoms with Crippen LogP contribution in [0.1, 0.15) is 24.0 Å². The van der Waals surface area contributed by atoms with Crippen LogP contribution >= 0.6 is 0 Å². The van der Waals surface area contributed by atoms with Crippen LogP contribution in [0.2, 0.25) is 0 Å². The van der Waals surface area contributed by atoms with Crippen molar-refractivity contribution in [2.75, 3.05) is 11.5 Å². The summed E-state index contributed by atoms with van der Waals surface area (Å²) in [6, 6.07) is 11.0. The van der Waals surface area contributed by atoms with Gasteiger partial charge in [-0.3, -0.25) is 0 Å². The van der Waals surface area contributed by atoms with Crippen LogP contribution in [0.4, 0.5) is 11.4 Å². The standard InChI is InChI=1S/C19H19N3O/c20-15-9-10-16-17(18(15)21)13-3-1-2-4-14(13)19(22-16)11-5-7-12(23)8-6-11/h5-10,23H,1-4,20-21H2. The summed E-state index contributed by atoms with van der Waals surface area (Å²) in [4.78, 5) is 4.87. The lowest BCUT2D eigenvalue weighted by Crippen LogP contribution is -2.09. The Morgan fingerprint density at radius 3 is 2.30 bits per heavy atom. The maximum absolute atomic E-state index is 9.53. The summed E-state index contributed by atoms with van der Waals surface area (Å²) in [6.07, 6.45) is 4.33. The number of benzene rings is 2. The fourth-order valence-corrected chi connectivity index (χ4v) is 3.52. The molecule has 0 bridgehead atoms. The van der Waals surface area contributed by atoms with E-state index >= 15 is 0 Å². The lowest BCUT2D eigenvalue weighted by molar-refractivity contribution is 0.475. The van der Waals surface area contributed by atoms with E-state index in [0.717, 1.165) is 47.8 Å². The average molecular weight is 305 g/mol. The molecule has 0 unspecified atom stereocenters. The number of aryl methyl sites for hydroxylation is 1. The Labute approximate surface area is 134 Å². The minimum atomic E-state index is 0.264. The van der Waals surface area contributed by atoms with Crippen LogP contribution in [0.5, 0.6) is 5.75 Å². The van der Waals surface area contributed by atoms with Crippen LogP contribution < -0.4 is 11.5 Å². The summed E-state index contributed by atoms with van der Waals surface area (Å²) in [5.74, 6) is 0.264. The van der Waals surface area contributed by atoms with Gasteiger partial charge in [0.05, 0.1) is 22.6 Å². The molecular weight excluding hydrogens is 286 g/mol. The Kier molecular flexibility index (Phi) is 3.11. The van der Waals surface area contributed by atoms with Gasteiger partial charge in [-0.2, -0.15) is 0 Å². The quantitative estimate of drug-likeness (QED) is 0.599. The highest BCUT2D eigenvalue weighted by molar-refractivity contribution is 6.00. The van der Waals surface area contributed by atoms with Gasteiger partial charge in [-0.05, 0) is 73.2 Å². The van der Waals surface area contributed by atoms with Crippen LogP contribution in [-0.4, -0.2) is 10.1 Å². The van der Waals surface area contributed by atoms with Crippen LogP contribution in [0.25, 0.3) is 22.2 Å². The molecule has 0 fully saturated rings. The molecule has 1 aliphatic rings. The van der Waals surface area contributed by atoms with Gasteiger partial charge in [0.25, 0.3) is 0 Å². The van der Waals surface area contributed by atoms with E-state index in [1.165, 1.54) is 11.1 Å². The topological polar surface area (TPSA) is 85.2 Å². The van der Waals surface area contributed by atoms with Crippen molar-refractivity contribution in [2.24, 2.45) is 0 Å². The van der Waals surface area contributed by atoms with Gasteiger partial charge in [0.15, 0.2) is 0 Å². The number of rotatable bonds is 1. The fourth-order valence-electron chi connectivity index (χ4n) is 3.52. The molecule has 23 heavy (non-hydrogen) atoms. The SMILES string of the molecule is Nc1ccc2nc(-c3ccc(O)cc3)c3c(c2c1N)CCCC3. The highest BCUT2D eigenvalue weighted by atomic mass is 16.3. The minimum absolute atomic E-state index is 0.264. The summed E-state index contributed by atoms with van der Waals surface area (Å²) in [5.41, 5.74) is 19.0. The number of phenols is 1. The monoisotopic (exact) mass is 305 g/mol. The van der Waals surface area contributed by atoms with Crippen LogP contribution in [0.3, 0.4) is 0 Å². The first-order chi connectivity index (χ1) is 11.1. The molecule has 116 valence electrons. The van der Waals surface area contributed by atoms with Gasteiger partial charge in [0.1, 0.15) is 5.75 Å². The number of nitrogens with two attached hydrogens (primary N) is 2. The van der Waals surface area contributed by atoms with Gasteiger partial charge in [-0.1, -0.05) is 0 Å². The molecule has 1 aliphatic carbocycles. The minimum Gasteiger partial charge on any atom is -0.508 e. The summed E-state index contributed by atoms with van der Waals surface area (Å²) < 4.78 is 0. The Balaban J connectivity index is 2.06. The first-order valence-electron chi connectivity index (χ1n) is 7.94. The second-order valence-corrected chi connectivity index (χ2v) is 6.13. The Morgan fingerprint density at radius 1 is 0.870 bits per heavy atom. The highest BCUT2D eigenvalue weighted by Gasteiger charge is 2.21. The number of nitrogens with zero attached hydrogens (tertiary/aromatic N) is 1. The van der Waals surface area contributed by atoms with Crippen molar-refractivity contribution in [2.45, 2.75) is 25.7 Å². The zero-order valence-electron chi connectivity index (χ0n) is 12.8. The average Bonchev–Trinajstić information content (AvgIpc) is 2.58. The van der Waals surface area contributed by atoms with E-state index in [2.05, 4.69) is 0 Å². The fraction of sp³-hybridized carbons (Fsp3) is 0.211. The molecule has 4 rings (SSSR count). The molecule has 0 atom stereocenters. The van der Waals surface area contributed by atoms with Crippen LogP contribution in [0, 0.1) is 0 Å². The van der Waals surface area contributed by atoms with Crippen molar-refractivity contribution >= 4 is 22.3 Å². The van der Waals surface area contributed by atoms with Gasteiger partial charge in [-0.15, -0.1) is 0 Å². The van der Waals surface area contributed by atoms with Crippen LogP contribution in [0.15, 0.2) is 36.4 Å². The Morgan fingerprint density at radius 2 is 1.57 bits per heavy atom. The van der Waals surface area contributed by atoms with Gasteiger partial charge >= 0.3 is 0 Å². The smallest absolute Gasteiger partial charge is 0.115 e.